The lowest BCUT2D eigenvalue weighted by molar-refractivity contribution is -0.172. The molecular formula is C9H11FIN3O5. The molecule has 1 aromatic heterocycles. The van der Waals surface area contributed by atoms with E-state index < -0.39 is 34.1 Å². The molecule has 10 heteroatoms. The fourth-order valence-electron chi connectivity index (χ4n) is 1.65. The van der Waals surface area contributed by atoms with E-state index in [1.165, 1.54) is 34.9 Å². The first kappa shape index (κ1) is 14.6. The number of hydrogen-bond acceptors (Lipinski definition) is 7. The summed E-state index contributed by atoms with van der Waals surface area (Å²) < 4.78 is 17.1. The molecule has 1 fully saturated rings. The molecule has 1 aromatic rings. The predicted octanol–water partition coefficient (Wildman–Crippen LogP) is -1.32. The van der Waals surface area contributed by atoms with Crippen LogP contribution in [-0.4, -0.2) is 53.7 Å². The number of anilines is 1. The van der Waals surface area contributed by atoms with Crippen LogP contribution in [0, 0.1) is 0 Å². The molecule has 1 aliphatic rings. The van der Waals surface area contributed by atoms with Gasteiger partial charge in [-0.15, -0.1) is 0 Å². The van der Waals surface area contributed by atoms with Gasteiger partial charge in [0.1, 0.15) is 18.0 Å². The molecule has 106 valence electrons. The van der Waals surface area contributed by atoms with E-state index in [0.717, 1.165) is 0 Å². The molecular weight excluding hydrogens is 376 g/mol. The Kier molecular flexibility index (Phi) is 3.79. The first-order chi connectivity index (χ1) is 8.80. The topological polar surface area (TPSA) is 128 Å². The number of hydrogen-bond donors (Lipinski definition) is 5. The average Bonchev–Trinajstić information content (AvgIpc) is 2.50. The second-order valence-corrected chi connectivity index (χ2v) is 5.48. The molecule has 2 heterocycles. The lowest BCUT2D eigenvalue weighted by Gasteiger charge is -2.31. The SMILES string of the molecule is O=c1nc(NC2(I)O[C@H](CO)[C@@H](O)[C@@]2(O)F)cc[nH]1. The Hall–Kier alpha value is -0.820. The van der Waals surface area contributed by atoms with Crippen LogP contribution in [0.15, 0.2) is 17.1 Å². The summed E-state index contributed by atoms with van der Waals surface area (Å²) in [7, 11) is 0. The minimum absolute atomic E-state index is 0.0555. The van der Waals surface area contributed by atoms with Gasteiger partial charge in [-0.3, -0.25) is 0 Å². The highest BCUT2D eigenvalue weighted by Crippen LogP contribution is 2.45. The molecule has 0 spiro atoms. The summed E-state index contributed by atoms with van der Waals surface area (Å²) in [6.07, 6.45) is -1.98. The van der Waals surface area contributed by atoms with Gasteiger partial charge in [-0.1, -0.05) is 0 Å². The Labute approximate surface area is 119 Å². The van der Waals surface area contributed by atoms with Crippen molar-refractivity contribution in [3.05, 3.63) is 22.7 Å². The summed E-state index contributed by atoms with van der Waals surface area (Å²) in [5, 5.41) is 30.5. The van der Waals surface area contributed by atoms with Crippen molar-refractivity contribution < 1.29 is 24.4 Å². The zero-order chi connectivity index (χ0) is 14.3. The Morgan fingerprint density at radius 1 is 1.68 bits per heavy atom. The molecule has 2 rings (SSSR count). The highest BCUT2D eigenvalue weighted by atomic mass is 127. The highest BCUT2D eigenvalue weighted by molar-refractivity contribution is 14.1. The van der Waals surface area contributed by atoms with E-state index in [9.17, 15) is 19.4 Å². The number of nitrogens with one attached hydrogen (secondary N) is 2. The lowest BCUT2D eigenvalue weighted by Crippen LogP contribution is -2.54. The van der Waals surface area contributed by atoms with Crippen LogP contribution in [0.4, 0.5) is 10.2 Å². The molecule has 1 saturated heterocycles. The molecule has 0 radical (unpaired) electrons. The lowest BCUT2D eigenvalue weighted by atomic mass is 10.1. The average molecular weight is 387 g/mol. The standard InChI is InChI=1S/C9H11FIN3O5/c10-8(18)6(16)4(3-15)19-9(8,11)14-5-1-2-12-7(17)13-5/h1-2,4,6,15-16,18H,3H2,(H2,12,13,14,17)/t4-,6-,8+,9?/m1/s1. The number of aliphatic hydroxyl groups excluding tert-OH is 2. The van der Waals surface area contributed by atoms with Crippen molar-refractivity contribution in [2.75, 3.05) is 11.9 Å². The van der Waals surface area contributed by atoms with E-state index in [2.05, 4.69) is 15.3 Å². The van der Waals surface area contributed by atoms with Crippen LogP contribution in [0.5, 0.6) is 0 Å². The molecule has 5 N–H and O–H groups in total. The molecule has 1 aliphatic heterocycles. The molecule has 4 atom stereocenters. The van der Waals surface area contributed by atoms with Crippen molar-refractivity contribution in [1.29, 1.82) is 0 Å². The first-order valence-electron chi connectivity index (χ1n) is 5.21. The van der Waals surface area contributed by atoms with Gasteiger partial charge in [-0.05, 0) is 28.7 Å². The van der Waals surface area contributed by atoms with Gasteiger partial charge in [0, 0.05) is 6.20 Å². The molecule has 0 bridgehead atoms. The quantitative estimate of drug-likeness (QED) is 0.247. The predicted molar refractivity (Wildman–Crippen MR) is 69.3 cm³/mol. The third kappa shape index (κ3) is 2.45. The molecule has 19 heavy (non-hydrogen) atoms. The van der Waals surface area contributed by atoms with Gasteiger partial charge in [-0.25, -0.2) is 9.18 Å². The number of rotatable bonds is 3. The van der Waals surface area contributed by atoms with Crippen LogP contribution in [-0.2, 0) is 4.74 Å². The van der Waals surface area contributed by atoms with Gasteiger partial charge in [0.15, 0.2) is 0 Å². The molecule has 0 saturated carbocycles. The Balaban J connectivity index is 2.30. The summed E-state index contributed by atoms with van der Waals surface area (Å²) in [6.45, 7) is -0.678. The molecule has 1 unspecified atom stereocenters. The zero-order valence-corrected chi connectivity index (χ0v) is 11.5. The highest BCUT2D eigenvalue weighted by Gasteiger charge is 2.66. The Morgan fingerprint density at radius 3 is 2.89 bits per heavy atom. The smallest absolute Gasteiger partial charge is 0.346 e. The number of H-pyrrole nitrogens is 1. The summed E-state index contributed by atoms with van der Waals surface area (Å²) in [4.78, 5) is 16.8. The van der Waals surface area contributed by atoms with Gasteiger partial charge in [0.25, 0.3) is 9.59 Å². The van der Waals surface area contributed by atoms with E-state index in [4.69, 9.17) is 9.84 Å². The van der Waals surface area contributed by atoms with Crippen LogP contribution >= 0.6 is 22.6 Å². The van der Waals surface area contributed by atoms with Crippen LogP contribution in [0.2, 0.25) is 0 Å². The number of halogens is 2. The van der Waals surface area contributed by atoms with Crippen molar-refractivity contribution in [2.45, 2.75) is 21.8 Å². The monoisotopic (exact) mass is 387 g/mol. The summed E-state index contributed by atoms with van der Waals surface area (Å²) in [5.74, 6) is -3.23. The van der Waals surface area contributed by atoms with Crippen LogP contribution in [0.1, 0.15) is 0 Å². The van der Waals surface area contributed by atoms with Gasteiger partial charge >= 0.3 is 5.69 Å². The van der Waals surface area contributed by atoms with E-state index >= 15 is 0 Å². The summed E-state index contributed by atoms with van der Waals surface area (Å²) in [5.41, 5.74) is -0.676. The minimum Gasteiger partial charge on any atom is -0.394 e. The zero-order valence-electron chi connectivity index (χ0n) is 9.38. The third-order valence-corrected chi connectivity index (χ3v) is 3.93. The van der Waals surface area contributed by atoms with Gasteiger partial charge < -0.3 is 30.4 Å². The van der Waals surface area contributed by atoms with Crippen molar-refractivity contribution >= 4 is 28.4 Å². The second-order valence-electron chi connectivity index (χ2n) is 3.96. The number of nitrogens with zero attached hydrogens (tertiary/aromatic N) is 1. The Morgan fingerprint density at radius 2 is 2.37 bits per heavy atom. The maximum Gasteiger partial charge on any atom is 0.346 e. The van der Waals surface area contributed by atoms with Crippen molar-refractivity contribution in [2.24, 2.45) is 0 Å². The van der Waals surface area contributed by atoms with Crippen molar-refractivity contribution in [3.63, 3.8) is 0 Å². The molecule has 0 amide bonds. The van der Waals surface area contributed by atoms with Crippen molar-refractivity contribution in [1.82, 2.24) is 9.97 Å². The van der Waals surface area contributed by atoms with Crippen LogP contribution < -0.4 is 11.0 Å². The summed E-state index contributed by atoms with van der Waals surface area (Å²) in [6, 6.07) is 1.32. The molecule has 0 aliphatic carbocycles. The largest absolute Gasteiger partial charge is 0.394 e. The summed E-state index contributed by atoms with van der Waals surface area (Å²) >= 11 is 1.40. The fourth-order valence-corrected chi connectivity index (χ4v) is 2.57. The first-order valence-corrected chi connectivity index (χ1v) is 6.29. The maximum atomic E-state index is 14.2. The van der Waals surface area contributed by atoms with E-state index in [0.29, 0.717) is 0 Å². The van der Waals surface area contributed by atoms with Gasteiger partial charge in [-0.2, -0.15) is 4.98 Å². The number of aliphatic hydroxyl groups is 3. The Bertz CT molecular complexity index is 527. The van der Waals surface area contributed by atoms with E-state index in [1.54, 1.807) is 0 Å². The maximum absolute atomic E-state index is 14.2. The normalized spacial score (nSPS) is 38.4. The third-order valence-electron chi connectivity index (χ3n) is 2.65. The number of aromatic amines is 1. The molecule has 8 nitrogen and oxygen atoms in total. The molecule has 0 aromatic carbocycles. The number of ether oxygens (including phenoxy) is 1. The van der Waals surface area contributed by atoms with Crippen LogP contribution in [0.25, 0.3) is 0 Å². The van der Waals surface area contributed by atoms with E-state index in [-0.39, 0.29) is 5.82 Å². The minimum atomic E-state index is -3.18. The number of alkyl halides is 2. The van der Waals surface area contributed by atoms with Gasteiger partial charge in [0.05, 0.1) is 6.61 Å². The number of aromatic nitrogens is 2. The van der Waals surface area contributed by atoms with Crippen molar-refractivity contribution in [3.8, 4) is 0 Å². The van der Waals surface area contributed by atoms with E-state index in [1.807, 2.05) is 0 Å². The van der Waals surface area contributed by atoms with Gasteiger partial charge in [0.2, 0.25) is 0 Å². The second kappa shape index (κ2) is 4.94. The van der Waals surface area contributed by atoms with Crippen LogP contribution in [0.3, 0.4) is 0 Å². The fraction of sp³-hybridized carbons (Fsp3) is 0.556.